The van der Waals surface area contributed by atoms with Gasteiger partial charge in [-0.25, -0.2) is 9.78 Å². The zero-order valence-electron chi connectivity index (χ0n) is 14.8. The second-order valence-corrected chi connectivity index (χ2v) is 6.42. The van der Waals surface area contributed by atoms with Crippen LogP contribution in [0.5, 0.6) is 0 Å². The van der Waals surface area contributed by atoms with Gasteiger partial charge in [0.15, 0.2) is 0 Å². The zero-order chi connectivity index (χ0) is 18.4. The van der Waals surface area contributed by atoms with Gasteiger partial charge in [-0.05, 0) is 37.1 Å². The lowest BCUT2D eigenvalue weighted by Gasteiger charge is -2.20. The number of methoxy groups -OCH3 is 1. The molecular weight excluding hydrogens is 330 g/mol. The van der Waals surface area contributed by atoms with Crippen LogP contribution in [0.1, 0.15) is 42.5 Å². The molecule has 6 nitrogen and oxygen atoms in total. The van der Waals surface area contributed by atoms with Crippen LogP contribution in [0.2, 0.25) is 0 Å². The Morgan fingerprint density at radius 3 is 2.54 bits per heavy atom. The van der Waals surface area contributed by atoms with E-state index in [0.717, 1.165) is 31.4 Å². The SMILES string of the molecule is COC(=O)c1ccccc1Nc1ccc(NC(=O)C2CCCCC2)nc1. The number of rotatable bonds is 5. The van der Waals surface area contributed by atoms with E-state index in [0.29, 0.717) is 17.1 Å². The molecule has 3 rings (SSSR count). The van der Waals surface area contributed by atoms with Gasteiger partial charge in [-0.3, -0.25) is 4.79 Å². The maximum Gasteiger partial charge on any atom is 0.339 e. The highest BCUT2D eigenvalue weighted by Gasteiger charge is 2.21. The lowest BCUT2D eigenvalue weighted by Crippen LogP contribution is -2.25. The Morgan fingerprint density at radius 2 is 1.85 bits per heavy atom. The van der Waals surface area contributed by atoms with Crippen LogP contribution in [-0.4, -0.2) is 24.0 Å². The molecule has 0 radical (unpaired) electrons. The fourth-order valence-corrected chi connectivity index (χ4v) is 3.17. The Bertz CT molecular complexity index is 768. The van der Waals surface area contributed by atoms with Crippen molar-refractivity contribution in [1.82, 2.24) is 4.98 Å². The molecule has 1 amide bonds. The van der Waals surface area contributed by atoms with Gasteiger partial charge in [-0.1, -0.05) is 31.4 Å². The highest BCUT2D eigenvalue weighted by Crippen LogP contribution is 2.25. The first-order valence-corrected chi connectivity index (χ1v) is 8.88. The molecule has 2 N–H and O–H groups in total. The molecule has 0 unspecified atom stereocenters. The number of para-hydroxylation sites is 1. The average Bonchev–Trinajstić information content (AvgIpc) is 2.70. The largest absolute Gasteiger partial charge is 0.465 e. The van der Waals surface area contributed by atoms with E-state index in [1.165, 1.54) is 13.5 Å². The van der Waals surface area contributed by atoms with Crippen LogP contribution in [-0.2, 0) is 9.53 Å². The van der Waals surface area contributed by atoms with Crippen molar-refractivity contribution in [3.05, 3.63) is 48.2 Å². The summed E-state index contributed by atoms with van der Waals surface area (Å²) in [6.45, 7) is 0. The van der Waals surface area contributed by atoms with Gasteiger partial charge in [0.1, 0.15) is 5.82 Å². The van der Waals surface area contributed by atoms with Crippen molar-refractivity contribution in [2.24, 2.45) is 5.92 Å². The summed E-state index contributed by atoms with van der Waals surface area (Å²) in [6, 6.07) is 10.7. The van der Waals surface area contributed by atoms with E-state index in [-0.39, 0.29) is 11.8 Å². The van der Waals surface area contributed by atoms with Crippen LogP contribution in [0.3, 0.4) is 0 Å². The van der Waals surface area contributed by atoms with Crippen molar-refractivity contribution in [2.75, 3.05) is 17.7 Å². The molecule has 0 atom stereocenters. The van der Waals surface area contributed by atoms with Gasteiger partial charge >= 0.3 is 5.97 Å². The second-order valence-electron chi connectivity index (χ2n) is 6.42. The number of hydrogen-bond acceptors (Lipinski definition) is 5. The van der Waals surface area contributed by atoms with Crippen molar-refractivity contribution < 1.29 is 14.3 Å². The van der Waals surface area contributed by atoms with Crippen LogP contribution in [0, 0.1) is 5.92 Å². The number of hydrogen-bond donors (Lipinski definition) is 2. The van der Waals surface area contributed by atoms with Gasteiger partial charge in [-0.15, -0.1) is 0 Å². The maximum atomic E-state index is 12.3. The van der Waals surface area contributed by atoms with Crippen LogP contribution in [0.15, 0.2) is 42.6 Å². The van der Waals surface area contributed by atoms with Crippen LogP contribution >= 0.6 is 0 Å². The van der Waals surface area contributed by atoms with Crippen LogP contribution in [0.4, 0.5) is 17.2 Å². The Morgan fingerprint density at radius 1 is 1.08 bits per heavy atom. The molecule has 2 aromatic rings. The van der Waals surface area contributed by atoms with E-state index in [4.69, 9.17) is 4.74 Å². The molecular formula is C20H23N3O3. The third-order valence-corrected chi connectivity index (χ3v) is 4.60. The Labute approximate surface area is 153 Å². The van der Waals surface area contributed by atoms with E-state index in [1.54, 1.807) is 30.5 Å². The number of nitrogens with one attached hydrogen (secondary N) is 2. The summed E-state index contributed by atoms with van der Waals surface area (Å²) in [5, 5.41) is 6.05. The van der Waals surface area contributed by atoms with Gasteiger partial charge in [-0.2, -0.15) is 0 Å². The molecule has 0 aliphatic heterocycles. The Balaban J connectivity index is 1.65. The number of carbonyl (C=O) groups excluding carboxylic acids is 2. The van der Waals surface area contributed by atoms with Crippen LogP contribution in [0.25, 0.3) is 0 Å². The Kier molecular flexibility index (Phi) is 5.84. The van der Waals surface area contributed by atoms with E-state index in [1.807, 2.05) is 12.1 Å². The van der Waals surface area contributed by atoms with Gasteiger partial charge in [0.05, 0.1) is 30.2 Å². The quantitative estimate of drug-likeness (QED) is 0.790. The molecule has 1 saturated carbocycles. The summed E-state index contributed by atoms with van der Waals surface area (Å²) < 4.78 is 4.79. The topological polar surface area (TPSA) is 80.3 Å². The van der Waals surface area contributed by atoms with Crippen molar-refractivity contribution in [1.29, 1.82) is 0 Å². The molecule has 1 aliphatic carbocycles. The summed E-state index contributed by atoms with van der Waals surface area (Å²) in [5.74, 6) is 0.272. The molecule has 136 valence electrons. The first kappa shape index (κ1) is 17.9. The number of esters is 1. The zero-order valence-corrected chi connectivity index (χ0v) is 14.8. The smallest absolute Gasteiger partial charge is 0.339 e. The minimum Gasteiger partial charge on any atom is -0.465 e. The van der Waals surface area contributed by atoms with E-state index < -0.39 is 5.97 Å². The number of amides is 1. The lowest BCUT2D eigenvalue weighted by atomic mass is 9.89. The highest BCUT2D eigenvalue weighted by molar-refractivity contribution is 5.96. The summed E-state index contributed by atoms with van der Waals surface area (Å²) in [7, 11) is 1.35. The highest BCUT2D eigenvalue weighted by atomic mass is 16.5. The number of nitrogens with zero attached hydrogens (tertiary/aromatic N) is 1. The molecule has 1 fully saturated rings. The molecule has 0 bridgehead atoms. The van der Waals surface area contributed by atoms with Gasteiger partial charge in [0, 0.05) is 5.92 Å². The number of benzene rings is 1. The molecule has 0 saturated heterocycles. The summed E-state index contributed by atoms with van der Waals surface area (Å²) in [5.41, 5.74) is 1.81. The third-order valence-electron chi connectivity index (χ3n) is 4.60. The molecule has 6 heteroatoms. The van der Waals surface area contributed by atoms with Crippen molar-refractivity contribution >= 4 is 29.1 Å². The standard InChI is InChI=1S/C20H23N3O3/c1-26-20(25)16-9-5-6-10-17(16)22-15-11-12-18(21-13-15)23-19(24)14-7-3-2-4-8-14/h5-6,9-14,22H,2-4,7-8H2,1H3,(H,21,23,24). The third kappa shape index (κ3) is 4.39. The van der Waals surface area contributed by atoms with Crippen molar-refractivity contribution in [2.45, 2.75) is 32.1 Å². The van der Waals surface area contributed by atoms with E-state index in [9.17, 15) is 9.59 Å². The van der Waals surface area contributed by atoms with Crippen molar-refractivity contribution in [3.63, 3.8) is 0 Å². The predicted molar refractivity (Wildman–Crippen MR) is 101 cm³/mol. The first-order valence-electron chi connectivity index (χ1n) is 8.88. The molecule has 26 heavy (non-hydrogen) atoms. The fraction of sp³-hybridized carbons (Fsp3) is 0.350. The monoisotopic (exact) mass is 353 g/mol. The predicted octanol–water partition coefficient (Wildman–Crippen LogP) is 4.13. The van der Waals surface area contributed by atoms with Crippen LogP contribution < -0.4 is 10.6 Å². The maximum absolute atomic E-state index is 12.3. The first-order chi connectivity index (χ1) is 12.7. The molecule has 1 heterocycles. The van der Waals surface area contributed by atoms with Gasteiger partial charge < -0.3 is 15.4 Å². The number of aromatic nitrogens is 1. The molecule has 1 aromatic heterocycles. The van der Waals surface area contributed by atoms with Gasteiger partial charge in [0.25, 0.3) is 0 Å². The minimum atomic E-state index is -0.405. The normalized spacial score (nSPS) is 14.5. The number of anilines is 3. The second kappa shape index (κ2) is 8.47. The summed E-state index contributed by atoms with van der Waals surface area (Å²) in [4.78, 5) is 28.4. The number of pyridine rings is 1. The van der Waals surface area contributed by atoms with Crippen molar-refractivity contribution in [3.8, 4) is 0 Å². The number of ether oxygens (including phenoxy) is 1. The minimum absolute atomic E-state index is 0.0500. The van der Waals surface area contributed by atoms with Gasteiger partial charge in [0.2, 0.25) is 5.91 Å². The average molecular weight is 353 g/mol. The molecule has 0 spiro atoms. The molecule has 1 aromatic carbocycles. The van der Waals surface area contributed by atoms with E-state index in [2.05, 4.69) is 15.6 Å². The Hall–Kier alpha value is -2.89. The summed E-state index contributed by atoms with van der Waals surface area (Å²) >= 11 is 0. The fourth-order valence-electron chi connectivity index (χ4n) is 3.17. The summed E-state index contributed by atoms with van der Waals surface area (Å²) in [6.07, 6.45) is 6.99. The lowest BCUT2D eigenvalue weighted by molar-refractivity contribution is -0.120. The molecule has 1 aliphatic rings. The van der Waals surface area contributed by atoms with E-state index >= 15 is 0 Å². The number of carbonyl (C=O) groups is 2.